The summed E-state index contributed by atoms with van der Waals surface area (Å²) in [5, 5.41) is 6.71. The van der Waals surface area contributed by atoms with Crippen LogP contribution in [0.25, 0.3) is 21.0 Å². The number of alkyl halides is 3. The highest BCUT2D eigenvalue weighted by Gasteiger charge is 2.30. The number of halogens is 3. The van der Waals surface area contributed by atoms with Gasteiger partial charge in [0.05, 0.1) is 11.1 Å². The predicted molar refractivity (Wildman–Crippen MR) is 109 cm³/mol. The average molecular weight is 418 g/mol. The summed E-state index contributed by atoms with van der Waals surface area (Å²) in [6.45, 7) is 0. The van der Waals surface area contributed by atoms with Crippen molar-refractivity contribution in [2.75, 3.05) is 5.32 Å². The largest absolute Gasteiger partial charge is 0.416 e. The average Bonchev–Trinajstić information content (AvgIpc) is 3.19. The molecule has 0 aliphatic rings. The summed E-state index contributed by atoms with van der Waals surface area (Å²) in [6.07, 6.45) is -4.89. The Kier molecular flexibility index (Phi) is 5.11. The van der Waals surface area contributed by atoms with Crippen molar-refractivity contribution in [1.82, 2.24) is 15.8 Å². The molecular formula is C19H17F3N6S. The number of pyridine rings is 1. The second-order valence-corrected chi connectivity index (χ2v) is 7.29. The molecule has 2 heterocycles. The van der Waals surface area contributed by atoms with Crippen LogP contribution in [0.1, 0.15) is 17.3 Å². The maximum Gasteiger partial charge on any atom is 0.416 e. The van der Waals surface area contributed by atoms with Crippen molar-refractivity contribution in [2.24, 2.45) is 11.7 Å². The Hall–Kier alpha value is -2.76. The van der Waals surface area contributed by atoms with E-state index in [2.05, 4.69) is 21.2 Å². The van der Waals surface area contributed by atoms with Gasteiger partial charge in [0.25, 0.3) is 0 Å². The molecule has 29 heavy (non-hydrogen) atoms. The number of hydrogen-bond acceptors (Lipinski definition) is 7. The number of rotatable bonds is 5. The number of benzene rings is 2. The molecule has 6 nitrogen and oxygen atoms in total. The zero-order chi connectivity index (χ0) is 20.6. The van der Waals surface area contributed by atoms with Crippen LogP contribution in [0.4, 0.5) is 24.7 Å². The first-order valence-electron chi connectivity index (χ1n) is 8.58. The molecule has 150 valence electrons. The molecule has 0 amide bonds. The maximum atomic E-state index is 13.0. The van der Waals surface area contributed by atoms with Gasteiger partial charge in [-0.05, 0) is 41.3 Å². The number of hydrazine groups is 2. The molecule has 7 N–H and O–H groups in total. The monoisotopic (exact) mass is 418 g/mol. The third-order valence-electron chi connectivity index (χ3n) is 4.54. The van der Waals surface area contributed by atoms with Gasteiger partial charge in [-0.1, -0.05) is 18.2 Å². The number of thiophene rings is 1. The molecule has 0 atom stereocenters. The van der Waals surface area contributed by atoms with E-state index in [1.54, 1.807) is 6.07 Å². The highest BCUT2D eigenvalue weighted by Crippen LogP contribution is 2.36. The van der Waals surface area contributed by atoms with Gasteiger partial charge in [-0.15, -0.1) is 11.3 Å². The summed E-state index contributed by atoms with van der Waals surface area (Å²) in [5.41, 5.74) is 6.14. The molecule has 0 unspecified atom stereocenters. The van der Waals surface area contributed by atoms with Crippen LogP contribution < -0.4 is 27.9 Å². The fraction of sp³-hybridized carbons (Fsp3) is 0.105. The van der Waals surface area contributed by atoms with Crippen molar-refractivity contribution < 1.29 is 13.2 Å². The zero-order valence-corrected chi connectivity index (χ0v) is 15.7. The fourth-order valence-electron chi connectivity index (χ4n) is 3.14. The Labute approximate surface area is 167 Å². The minimum absolute atomic E-state index is 0.306. The van der Waals surface area contributed by atoms with Crippen LogP contribution in [0.2, 0.25) is 0 Å². The molecule has 2 aromatic carbocycles. The van der Waals surface area contributed by atoms with E-state index in [1.165, 1.54) is 17.4 Å². The molecule has 0 saturated heterocycles. The van der Waals surface area contributed by atoms with Crippen LogP contribution in [-0.4, -0.2) is 4.98 Å². The van der Waals surface area contributed by atoms with Gasteiger partial charge >= 0.3 is 6.18 Å². The van der Waals surface area contributed by atoms with Gasteiger partial charge in [-0.25, -0.2) is 15.8 Å². The lowest BCUT2D eigenvalue weighted by molar-refractivity contribution is -0.137. The molecule has 4 aromatic rings. The van der Waals surface area contributed by atoms with Crippen LogP contribution in [0.5, 0.6) is 0 Å². The second kappa shape index (κ2) is 7.58. The van der Waals surface area contributed by atoms with Crippen LogP contribution in [-0.2, 0) is 6.18 Å². The van der Waals surface area contributed by atoms with Gasteiger partial charge in [0.15, 0.2) is 0 Å². The van der Waals surface area contributed by atoms with Crippen molar-refractivity contribution in [1.29, 1.82) is 0 Å². The lowest BCUT2D eigenvalue weighted by Crippen LogP contribution is -2.41. The Balaban J connectivity index is 1.82. The molecule has 0 aliphatic heterocycles. The number of nitrogens with zero attached hydrogens (tertiary/aromatic N) is 1. The summed E-state index contributed by atoms with van der Waals surface area (Å²) in [7, 11) is 0. The zero-order valence-electron chi connectivity index (χ0n) is 14.9. The standard InChI is InChI=1S/C19H17F3N6S/c20-19(21,22)11-2-1-3-12(9-11)25-18-14-6-7-29-16(14)13-5-4-10(8-15(13)26-18)17(27-23)28-24/h1-9,17,27-28H,23-24H2,(H,25,26). The normalized spacial score (nSPS) is 12.2. The highest BCUT2D eigenvalue weighted by molar-refractivity contribution is 7.18. The van der Waals surface area contributed by atoms with Crippen molar-refractivity contribution in [3.63, 3.8) is 0 Å². The van der Waals surface area contributed by atoms with E-state index in [1.807, 2.05) is 29.6 Å². The number of nitrogens with two attached hydrogens (primary N) is 2. The molecule has 2 aromatic heterocycles. The van der Waals surface area contributed by atoms with E-state index in [0.29, 0.717) is 17.0 Å². The molecule has 0 fully saturated rings. The topological polar surface area (TPSA) is 101 Å². The number of nitrogens with one attached hydrogen (secondary N) is 3. The Morgan fingerprint density at radius 1 is 0.966 bits per heavy atom. The van der Waals surface area contributed by atoms with E-state index in [4.69, 9.17) is 11.7 Å². The number of hydrogen-bond donors (Lipinski definition) is 5. The second-order valence-electron chi connectivity index (χ2n) is 6.37. The molecule has 0 spiro atoms. The van der Waals surface area contributed by atoms with E-state index < -0.39 is 17.9 Å². The van der Waals surface area contributed by atoms with Crippen LogP contribution >= 0.6 is 11.3 Å². The van der Waals surface area contributed by atoms with Gasteiger partial charge in [-0.2, -0.15) is 13.2 Å². The quantitative estimate of drug-likeness (QED) is 0.190. The molecule has 0 bridgehead atoms. The van der Waals surface area contributed by atoms with Gasteiger partial charge < -0.3 is 5.32 Å². The van der Waals surface area contributed by atoms with Gasteiger partial charge in [-0.3, -0.25) is 11.7 Å². The summed E-state index contributed by atoms with van der Waals surface area (Å²) in [6, 6.07) is 12.6. The van der Waals surface area contributed by atoms with E-state index in [0.717, 1.165) is 33.2 Å². The maximum absolute atomic E-state index is 13.0. The first kappa shape index (κ1) is 19.6. The van der Waals surface area contributed by atoms with Crippen LogP contribution in [0, 0.1) is 0 Å². The molecule has 0 saturated carbocycles. The molecule has 0 aliphatic carbocycles. The summed E-state index contributed by atoms with van der Waals surface area (Å²) in [5.74, 6) is 11.5. The summed E-state index contributed by atoms with van der Waals surface area (Å²) in [4.78, 5) is 4.65. The first-order valence-corrected chi connectivity index (χ1v) is 9.46. The third-order valence-corrected chi connectivity index (χ3v) is 5.49. The van der Waals surface area contributed by atoms with Crippen molar-refractivity contribution in [2.45, 2.75) is 12.3 Å². The van der Waals surface area contributed by atoms with Gasteiger partial charge in [0, 0.05) is 21.2 Å². The highest BCUT2D eigenvalue weighted by atomic mass is 32.1. The van der Waals surface area contributed by atoms with Gasteiger partial charge in [0.1, 0.15) is 12.0 Å². The van der Waals surface area contributed by atoms with Crippen molar-refractivity contribution in [3.8, 4) is 0 Å². The lowest BCUT2D eigenvalue weighted by Gasteiger charge is -2.16. The van der Waals surface area contributed by atoms with Crippen molar-refractivity contribution >= 4 is 43.8 Å². The fourth-order valence-corrected chi connectivity index (χ4v) is 4.08. The minimum Gasteiger partial charge on any atom is -0.340 e. The number of anilines is 2. The first-order chi connectivity index (χ1) is 13.9. The SMILES string of the molecule is NNC(NN)c1ccc2c(c1)nc(Nc1cccc(C(F)(F)F)c1)c1ccsc12. The molecule has 0 radical (unpaired) electrons. The van der Waals surface area contributed by atoms with Gasteiger partial charge in [0.2, 0.25) is 0 Å². The molecule has 4 rings (SSSR count). The molecular weight excluding hydrogens is 401 g/mol. The summed E-state index contributed by atoms with van der Waals surface area (Å²) < 4.78 is 40.1. The van der Waals surface area contributed by atoms with Crippen LogP contribution in [0.3, 0.4) is 0 Å². The number of aromatic nitrogens is 1. The minimum atomic E-state index is -4.42. The van der Waals surface area contributed by atoms with E-state index in [-0.39, 0.29) is 0 Å². The Morgan fingerprint density at radius 2 is 1.76 bits per heavy atom. The smallest absolute Gasteiger partial charge is 0.340 e. The van der Waals surface area contributed by atoms with E-state index in [9.17, 15) is 13.2 Å². The van der Waals surface area contributed by atoms with Crippen LogP contribution in [0.15, 0.2) is 53.9 Å². The predicted octanol–water partition coefficient (Wildman–Crippen LogP) is 4.14. The summed E-state index contributed by atoms with van der Waals surface area (Å²) >= 11 is 1.53. The third kappa shape index (κ3) is 3.76. The Morgan fingerprint density at radius 3 is 2.48 bits per heavy atom. The van der Waals surface area contributed by atoms with E-state index >= 15 is 0 Å². The van der Waals surface area contributed by atoms with Crippen molar-refractivity contribution in [3.05, 3.63) is 65.0 Å². The Bertz CT molecular complexity index is 1170. The lowest BCUT2D eigenvalue weighted by atomic mass is 10.1. The number of fused-ring (bicyclic) bond motifs is 3. The molecule has 10 heteroatoms.